The largest absolute Gasteiger partial charge is 0.494 e. The number of aromatic nitrogens is 2. The quantitative estimate of drug-likeness (QED) is 0.258. The molecule has 0 bridgehead atoms. The number of likely N-dealkylation sites (tertiary alicyclic amines) is 1. The van der Waals surface area contributed by atoms with Crippen molar-refractivity contribution in [1.29, 1.82) is 0 Å². The molecule has 2 aromatic rings. The van der Waals surface area contributed by atoms with Crippen LogP contribution in [0, 0.1) is 19.8 Å². The molecule has 1 saturated heterocycles. The third-order valence-corrected chi connectivity index (χ3v) is 8.20. The number of hydrogen-bond donors (Lipinski definition) is 3. The van der Waals surface area contributed by atoms with Gasteiger partial charge in [-0.15, -0.1) is 0 Å². The third-order valence-electron chi connectivity index (χ3n) is 8.20. The summed E-state index contributed by atoms with van der Waals surface area (Å²) in [6, 6.07) is 4.85. The molecule has 2 heterocycles. The lowest BCUT2D eigenvalue weighted by atomic mass is 9.95. The van der Waals surface area contributed by atoms with Crippen molar-refractivity contribution in [3.63, 3.8) is 0 Å². The first-order chi connectivity index (χ1) is 23.7. The Bertz CT molecular complexity index is 1540. The van der Waals surface area contributed by atoms with Gasteiger partial charge in [0.1, 0.15) is 23.0 Å². The Morgan fingerprint density at radius 3 is 2.25 bits per heavy atom. The minimum atomic E-state index is -1.28. The van der Waals surface area contributed by atoms with Gasteiger partial charge in [-0.1, -0.05) is 6.07 Å². The molecular weight excluding hydrogens is 656 g/mol. The molecule has 14 nitrogen and oxygen atoms in total. The molecule has 0 aliphatic carbocycles. The summed E-state index contributed by atoms with van der Waals surface area (Å²) in [5, 5.41) is 12.5. The zero-order valence-electron chi connectivity index (χ0n) is 31.8. The topological polar surface area (TPSA) is 170 Å². The van der Waals surface area contributed by atoms with Crippen molar-refractivity contribution in [3.8, 4) is 5.75 Å². The van der Waals surface area contributed by atoms with Gasteiger partial charge in [0.05, 0.1) is 18.7 Å². The van der Waals surface area contributed by atoms with E-state index in [-0.39, 0.29) is 12.6 Å². The van der Waals surface area contributed by atoms with Gasteiger partial charge in [-0.3, -0.25) is 23.9 Å². The highest BCUT2D eigenvalue weighted by Gasteiger charge is 2.32. The number of ether oxygens (including phenoxy) is 3. The van der Waals surface area contributed by atoms with Crippen LogP contribution in [0.3, 0.4) is 0 Å². The Labute approximate surface area is 301 Å². The van der Waals surface area contributed by atoms with Gasteiger partial charge < -0.3 is 35.1 Å². The van der Waals surface area contributed by atoms with Crippen molar-refractivity contribution in [3.05, 3.63) is 46.8 Å². The number of rotatable bonds is 13. The monoisotopic (exact) mass is 712 g/mol. The Hall–Kier alpha value is -4.62. The molecule has 3 atom stereocenters. The highest BCUT2D eigenvalue weighted by molar-refractivity contribution is 5.94. The van der Waals surface area contributed by atoms with Crippen LogP contribution in [0.5, 0.6) is 5.75 Å². The molecule has 1 aliphatic rings. The fourth-order valence-electron chi connectivity index (χ4n) is 5.60. The van der Waals surface area contributed by atoms with E-state index in [1.165, 1.54) is 6.92 Å². The van der Waals surface area contributed by atoms with E-state index in [0.29, 0.717) is 37.1 Å². The van der Waals surface area contributed by atoms with Crippen molar-refractivity contribution in [2.45, 2.75) is 118 Å². The first-order valence-electron chi connectivity index (χ1n) is 17.5. The van der Waals surface area contributed by atoms with Crippen LogP contribution < -0.4 is 20.7 Å². The molecule has 1 aliphatic heterocycles. The SMILES string of the molecule is CC(=O)N[C@@H](CC(=O)OC(C)(C)C)C(=O)NC(C(=O)NCc1cc(OCCC2CCCN(C(=O)OC(C)(C)C)C2)ccc1C)c1cc(C)n(C)n1. The second-order valence-corrected chi connectivity index (χ2v) is 15.2. The first-order valence-corrected chi connectivity index (χ1v) is 17.5. The molecule has 51 heavy (non-hydrogen) atoms. The van der Waals surface area contributed by atoms with Crippen molar-refractivity contribution in [1.82, 2.24) is 30.6 Å². The van der Waals surface area contributed by atoms with Crippen LogP contribution in [0.15, 0.2) is 24.3 Å². The normalized spacial score (nSPS) is 16.0. The van der Waals surface area contributed by atoms with E-state index in [1.807, 2.05) is 52.8 Å². The Morgan fingerprint density at radius 2 is 1.65 bits per heavy atom. The van der Waals surface area contributed by atoms with E-state index >= 15 is 0 Å². The van der Waals surface area contributed by atoms with Crippen molar-refractivity contribution < 1.29 is 38.2 Å². The van der Waals surface area contributed by atoms with Crippen molar-refractivity contribution >= 4 is 29.8 Å². The Kier molecular flexibility index (Phi) is 14.0. The maximum absolute atomic E-state index is 13.7. The van der Waals surface area contributed by atoms with Crippen LogP contribution in [0.2, 0.25) is 0 Å². The summed E-state index contributed by atoms with van der Waals surface area (Å²) in [7, 11) is 1.72. The van der Waals surface area contributed by atoms with Crippen LogP contribution in [-0.2, 0) is 42.2 Å². The molecule has 3 rings (SSSR count). The fourth-order valence-corrected chi connectivity index (χ4v) is 5.60. The summed E-state index contributed by atoms with van der Waals surface area (Å²) in [5.74, 6) is -1.52. The maximum Gasteiger partial charge on any atom is 0.410 e. The molecule has 0 saturated carbocycles. The first kappa shape index (κ1) is 40.8. The predicted octanol–water partition coefficient (Wildman–Crippen LogP) is 4.16. The van der Waals surface area contributed by atoms with Gasteiger partial charge in [-0.25, -0.2) is 4.79 Å². The lowest BCUT2D eigenvalue weighted by Crippen LogP contribution is -2.51. The van der Waals surface area contributed by atoms with E-state index in [1.54, 1.807) is 43.5 Å². The summed E-state index contributed by atoms with van der Waals surface area (Å²) in [6.45, 7) is 17.6. The van der Waals surface area contributed by atoms with Gasteiger partial charge in [0.2, 0.25) is 17.7 Å². The van der Waals surface area contributed by atoms with Crippen LogP contribution in [0.1, 0.15) is 103 Å². The zero-order chi connectivity index (χ0) is 38.1. The molecule has 0 radical (unpaired) electrons. The highest BCUT2D eigenvalue weighted by atomic mass is 16.6. The number of nitrogens with zero attached hydrogens (tertiary/aromatic N) is 3. The lowest BCUT2D eigenvalue weighted by molar-refractivity contribution is -0.156. The van der Waals surface area contributed by atoms with Crippen LogP contribution in [-0.4, -0.2) is 81.4 Å². The number of carbonyl (C=O) groups is 5. The molecular formula is C37H56N6O8. The van der Waals surface area contributed by atoms with Gasteiger partial charge in [-0.05, 0) is 110 Å². The van der Waals surface area contributed by atoms with Crippen LogP contribution in [0.4, 0.5) is 4.79 Å². The summed E-state index contributed by atoms with van der Waals surface area (Å²) >= 11 is 0. The number of hydrogen-bond acceptors (Lipinski definition) is 9. The lowest BCUT2D eigenvalue weighted by Gasteiger charge is -2.34. The molecule has 0 spiro atoms. The van der Waals surface area contributed by atoms with Crippen molar-refractivity contribution in [2.24, 2.45) is 13.0 Å². The summed E-state index contributed by atoms with van der Waals surface area (Å²) in [4.78, 5) is 66.0. The fraction of sp³-hybridized carbons (Fsp3) is 0.622. The standard InChI is InChI=1S/C37H56N6O8/c1-23-13-14-28(49-17-15-26-12-11-16-43(22-26)35(48)51-37(7,8)9)19-27(23)21-38-34(47)32(29-18-24(2)42(10)41-29)40-33(46)30(39-25(3)44)20-31(45)50-36(4,5)6/h13-14,18-19,26,30,32H,11-12,15-17,20-22H2,1-10H3,(H,38,47)(H,39,44)(H,40,46)/t26?,30-,32?/m0/s1. The van der Waals surface area contributed by atoms with Crippen LogP contribution in [0.25, 0.3) is 0 Å². The van der Waals surface area contributed by atoms with Gasteiger partial charge in [0.15, 0.2) is 6.04 Å². The number of aryl methyl sites for hydroxylation is 3. The van der Waals surface area contributed by atoms with E-state index in [9.17, 15) is 24.0 Å². The van der Waals surface area contributed by atoms with Gasteiger partial charge >= 0.3 is 12.1 Å². The zero-order valence-corrected chi connectivity index (χ0v) is 31.8. The number of esters is 1. The molecule has 1 aromatic carbocycles. The molecule has 2 unspecified atom stereocenters. The smallest absolute Gasteiger partial charge is 0.410 e. The average Bonchev–Trinajstić information content (AvgIpc) is 3.34. The number of carbonyl (C=O) groups excluding carboxylic acids is 5. The molecule has 282 valence electrons. The number of piperidine rings is 1. The average molecular weight is 713 g/mol. The predicted molar refractivity (Wildman–Crippen MR) is 191 cm³/mol. The molecule has 1 aromatic heterocycles. The Morgan fingerprint density at radius 1 is 0.961 bits per heavy atom. The molecule has 14 heteroatoms. The summed E-state index contributed by atoms with van der Waals surface area (Å²) in [5.41, 5.74) is 1.47. The minimum absolute atomic E-state index is 0.139. The second kappa shape index (κ2) is 17.5. The second-order valence-electron chi connectivity index (χ2n) is 15.2. The highest BCUT2D eigenvalue weighted by Crippen LogP contribution is 2.24. The molecule has 3 N–H and O–H groups in total. The van der Waals surface area contributed by atoms with Crippen LogP contribution >= 0.6 is 0 Å². The van der Waals surface area contributed by atoms with Gasteiger partial charge in [0, 0.05) is 39.3 Å². The summed E-state index contributed by atoms with van der Waals surface area (Å²) in [6.07, 6.45) is 1.99. The van der Waals surface area contributed by atoms with E-state index in [2.05, 4.69) is 21.0 Å². The maximum atomic E-state index is 13.7. The minimum Gasteiger partial charge on any atom is -0.494 e. The molecule has 4 amide bonds. The molecule has 1 fully saturated rings. The van der Waals surface area contributed by atoms with Crippen molar-refractivity contribution in [2.75, 3.05) is 19.7 Å². The third kappa shape index (κ3) is 13.6. The number of nitrogens with one attached hydrogen (secondary N) is 3. The Balaban J connectivity index is 1.66. The summed E-state index contributed by atoms with van der Waals surface area (Å²) < 4.78 is 18.6. The van der Waals surface area contributed by atoms with E-state index < -0.39 is 53.4 Å². The van der Waals surface area contributed by atoms with Gasteiger partial charge in [0.25, 0.3) is 0 Å². The number of amides is 4. The number of benzene rings is 1. The van der Waals surface area contributed by atoms with E-state index in [4.69, 9.17) is 14.2 Å². The van der Waals surface area contributed by atoms with E-state index in [0.717, 1.165) is 36.1 Å². The van der Waals surface area contributed by atoms with Gasteiger partial charge in [-0.2, -0.15) is 5.10 Å².